The summed E-state index contributed by atoms with van der Waals surface area (Å²) in [6, 6.07) is 8.54. The normalized spacial score (nSPS) is 23.7. The van der Waals surface area contributed by atoms with Gasteiger partial charge >= 0.3 is 0 Å². The van der Waals surface area contributed by atoms with Crippen molar-refractivity contribution >= 4 is 11.8 Å². The molecule has 0 spiro atoms. The Morgan fingerprint density at radius 1 is 1.16 bits per heavy atom. The number of carbonyl (C=O) groups excluding carboxylic acids is 2. The first-order valence-corrected chi connectivity index (χ1v) is 11.7. The van der Waals surface area contributed by atoms with Crippen molar-refractivity contribution < 1.29 is 9.59 Å². The van der Waals surface area contributed by atoms with Crippen molar-refractivity contribution in [2.45, 2.75) is 44.7 Å². The molecule has 2 atom stereocenters. The Kier molecular flexibility index (Phi) is 6.96. The van der Waals surface area contributed by atoms with Crippen molar-refractivity contribution in [3.05, 3.63) is 60.4 Å². The van der Waals surface area contributed by atoms with E-state index < -0.39 is 0 Å². The second-order valence-corrected chi connectivity index (χ2v) is 9.21. The van der Waals surface area contributed by atoms with Crippen molar-refractivity contribution in [1.82, 2.24) is 25.1 Å². The lowest BCUT2D eigenvalue weighted by Gasteiger charge is -2.35. The highest BCUT2D eigenvalue weighted by molar-refractivity contribution is 5.85. The zero-order valence-corrected chi connectivity index (χ0v) is 19.2. The number of carbonyl (C=O) groups is 2. The minimum Gasteiger partial charge on any atom is -0.340 e. The number of hydrogen-bond acceptors (Lipinski definition) is 5. The maximum Gasteiger partial charge on any atom is 0.250 e. The summed E-state index contributed by atoms with van der Waals surface area (Å²) in [6.07, 6.45) is 6.70. The lowest BCUT2D eigenvalue weighted by atomic mass is 9.97. The lowest BCUT2D eigenvalue weighted by Crippen LogP contribution is -2.50. The van der Waals surface area contributed by atoms with Crippen molar-refractivity contribution in [3.63, 3.8) is 0 Å². The Hall–Kier alpha value is -2.64. The summed E-state index contributed by atoms with van der Waals surface area (Å²) >= 11 is 0. The molecular formula is C25H35N5O2. The molecule has 2 fully saturated rings. The van der Waals surface area contributed by atoms with E-state index in [0.717, 1.165) is 39.1 Å². The van der Waals surface area contributed by atoms with E-state index in [2.05, 4.69) is 55.0 Å². The molecular weight excluding hydrogens is 402 g/mol. The Bertz CT molecular complexity index is 858. The van der Waals surface area contributed by atoms with E-state index in [9.17, 15) is 9.59 Å². The number of hydrogen-bond donors (Lipinski definition) is 1. The molecule has 2 unspecified atom stereocenters. The van der Waals surface area contributed by atoms with Gasteiger partial charge in [0.25, 0.3) is 5.91 Å². The summed E-state index contributed by atoms with van der Waals surface area (Å²) in [5.74, 6) is 0.688. The van der Waals surface area contributed by atoms with Crippen LogP contribution in [0.15, 0.2) is 49.3 Å². The largest absolute Gasteiger partial charge is 0.340 e. The van der Waals surface area contributed by atoms with Crippen molar-refractivity contribution in [1.29, 1.82) is 0 Å². The average molecular weight is 438 g/mol. The van der Waals surface area contributed by atoms with Crippen LogP contribution in [0.25, 0.3) is 0 Å². The molecule has 0 radical (unpaired) electrons. The summed E-state index contributed by atoms with van der Waals surface area (Å²) in [5.41, 5.74) is 5.97. The predicted molar refractivity (Wildman–Crippen MR) is 125 cm³/mol. The van der Waals surface area contributed by atoms with E-state index >= 15 is 0 Å². The number of rotatable bonds is 7. The van der Waals surface area contributed by atoms with Gasteiger partial charge in [-0.15, -0.1) is 6.58 Å². The molecule has 1 aromatic rings. The van der Waals surface area contributed by atoms with Crippen LogP contribution < -0.4 is 5.43 Å². The van der Waals surface area contributed by atoms with E-state index in [1.54, 1.807) is 11.1 Å². The van der Waals surface area contributed by atoms with Crippen LogP contribution in [0.3, 0.4) is 0 Å². The van der Waals surface area contributed by atoms with Crippen LogP contribution in [-0.4, -0.2) is 76.8 Å². The Labute approximate surface area is 191 Å². The minimum absolute atomic E-state index is 0.0601. The van der Waals surface area contributed by atoms with E-state index in [1.807, 2.05) is 22.2 Å². The number of nitrogens with zero attached hydrogens (tertiary/aromatic N) is 4. The van der Waals surface area contributed by atoms with Gasteiger partial charge in [0.05, 0.1) is 6.04 Å². The summed E-state index contributed by atoms with van der Waals surface area (Å²) in [5, 5.41) is 1.92. The Morgan fingerprint density at radius 2 is 1.88 bits per heavy atom. The standard InChI is InChI=1S/C25H35N5O2/c1-4-10-27-12-14-28(15-13-27)24(31)9-11-29-16-17-30-23(25(29)32)18-22(26-30)21-7-5-20(6-8-21)19(2)3/h4-8,16-17,19,22-23,26H,1,9-15,18H2,2-3H3. The maximum atomic E-state index is 13.1. The van der Waals surface area contributed by atoms with E-state index in [4.69, 9.17) is 0 Å². The van der Waals surface area contributed by atoms with Gasteiger partial charge in [0.1, 0.15) is 6.04 Å². The number of fused-ring (bicyclic) bond motifs is 1. The molecule has 32 heavy (non-hydrogen) atoms. The van der Waals surface area contributed by atoms with Crippen molar-refractivity contribution in [3.8, 4) is 0 Å². The second kappa shape index (κ2) is 9.88. The number of piperazine rings is 1. The van der Waals surface area contributed by atoms with Gasteiger partial charge in [-0.3, -0.25) is 14.5 Å². The highest BCUT2D eigenvalue weighted by Crippen LogP contribution is 2.31. The third-order valence-corrected chi connectivity index (χ3v) is 6.76. The molecule has 7 nitrogen and oxygen atoms in total. The smallest absolute Gasteiger partial charge is 0.250 e. The van der Waals surface area contributed by atoms with Gasteiger partial charge in [0.15, 0.2) is 0 Å². The van der Waals surface area contributed by atoms with Crippen LogP contribution in [-0.2, 0) is 9.59 Å². The van der Waals surface area contributed by atoms with Gasteiger partial charge in [-0.1, -0.05) is 44.2 Å². The molecule has 0 aliphatic carbocycles. The van der Waals surface area contributed by atoms with Crippen molar-refractivity contribution in [2.24, 2.45) is 0 Å². The van der Waals surface area contributed by atoms with E-state index in [1.165, 1.54) is 11.1 Å². The Morgan fingerprint density at radius 3 is 2.53 bits per heavy atom. The zero-order valence-electron chi connectivity index (χ0n) is 19.2. The highest BCUT2D eigenvalue weighted by atomic mass is 16.2. The van der Waals surface area contributed by atoms with Gasteiger partial charge < -0.3 is 14.8 Å². The molecule has 4 rings (SSSR count). The fourth-order valence-electron chi connectivity index (χ4n) is 4.69. The molecule has 0 saturated carbocycles. The third kappa shape index (κ3) is 4.89. The van der Waals surface area contributed by atoms with E-state index in [-0.39, 0.29) is 23.9 Å². The molecule has 1 N–H and O–H groups in total. The monoisotopic (exact) mass is 437 g/mol. The summed E-state index contributed by atoms with van der Waals surface area (Å²) in [4.78, 5) is 31.7. The molecule has 0 aromatic heterocycles. The lowest BCUT2D eigenvalue weighted by molar-refractivity contribution is -0.136. The molecule has 0 bridgehead atoms. The highest BCUT2D eigenvalue weighted by Gasteiger charge is 2.40. The molecule has 2 saturated heterocycles. The molecule has 2 amide bonds. The Balaban J connectivity index is 1.29. The van der Waals surface area contributed by atoms with Crippen LogP contribution >= 0.6 is 0 Å². The third-order valence-electron chi connectivity index (χ3n) is 6.76. The molecule has 1 aromatic carbocycles. The average Bonchev–Trinajstić information content (AvgIpc) is 3.24. The minimum atomic E-state index is -0.229. The SMILES string of the molecule is C=CCN1CCN(C(=O)CCN2C=CN3NC(c4ccc(C(C)C)cc4)CC3C2=O)CC1. The van der Waals surface area contributed by atoms with Crippen LogP contribution in [0.5, 0.6) is 0 Å². The van der Waals surface area contributed by atoms with Gasteiger partial charge in [0, 0.05) is 58.1 Å². The maximum absolute atomic E-state index is 13.1. The molecule has 7 heteroatoms. The summed E-state index contributed by atoms with van der Waals surface area (Å²) in [6.45, 7) is 12.7. The quantitative estimate of drug-likeness (QED) is 0.664. The molecule has 172 valence electrons. The first-order chi connectivity index (χ1) is 15.5. The number of benzene rings is 1. The first kappa shape index (κ1) is 22.6. The molecule has 3 heterocycles. The first-order valence-electron chi connectivity index (χ1n) is 11.7. The number of hydrazine groups is 1. The van der Waals surface area contributed by atoms with Crippen LogP contribution in [0, 0.1) is 0 Å². The van der Waals surface area contributed by atoms with Gasteiger partial charge in [-0.05, 0) is 23.5 Å². The fourth-order valence-corrected chi connectivity index (χ4v) is 4.69. The summed E-state index contributed by atoms with van der Waals surface area (Å²) in [7, 11) is 0. The number of amides is 2. The van der Waals surface area contributed by atoms with Crippen LogP contribution in [0.2, 0.25) is 0 Å². The van der Waals surface area contributed by atoms with Crippen LogP contribution in [0.1, 0.15) is 49.8 Å². The van der Waals surface area contributed by atoms with Crippen LogP contribution in [0.4, 0.5) is 0 Å². The van der Waals surface area contributed by atoms with Gasteiger partial charge in [-0.2, -0.15) is 0 Å². The fraction of sp³-hybridized carbons (Fsp3) is 0.520. The van der Waals surface area contributed by atoms with E-state index in [0.29, 0.717) is 18.9 Å². The zero-order chi connectivity index (χ0) is 22.7. The van der Waals surface area contributed by atoms with Gasteiger partial charge in [0.2, 0.25) is 5.91 Å². The summed E-state index contributed by atoms with van der Waals surface area (Å²) < 4.78 is 0. The molecule has 3 aliphatic rings. The van der Waals surface area contributed by atoms with Crippen molar-refractivity contribution in [2.75, 3.05) is 39.3 Å². The number of nitrogens with one attached hydrogen (secondary N) is 1. The van der Waals surface area contributed by atoms with Gasteiger partial charge in [-0.25, -0.2) is 5.43 Å². The topological polar surface area (TPSA) is 59.1 Å². The molecule has 3 aliphatic heterocycles. The predicted octanol–water partition coefficient (Wildman–Crippen LogP) is 2.46. The second-order valence-electron chi connectivity index (χ2n) is 9.21.